The number of amides is 1. The Labute approximate surface area is 161 Å². The molecule has 1 aliphatic rings. The number of benzene rings is 1. The van der Waals surface area contributed by atoms with Gasteiger partial charge in [-0.3, -0.25) is 9.48 Å². The van der Waals surface area contributed by atoms with Gasteiger partial charge in [0.15, 0.2) is 9.84 Å². The molecule has 0 saturated carbocycles. The largest absolute Gasteiger partial charge is 0.337 e. The highest BCUT2D eigenvalue weighted by atomic mass is 32.2. The summed E-state index contributed by atoms with van der Waals surface area (Å²) in [6, 6.07) is 5.63. The average Bonchev–Trinajstić information content (AvgIpc) is 3.10. The lowest BCUT2D eigenvalue weighted by Gasteiger charge is -2.19. The number of carbonyl (C=O) groups is 1. The summed E-state index contributed by atoms with van der Waals surface area (Å²) in [5, 5.41) is 4.58. The van der Waals surface area contributed by atoms with Crippen molar-refractivity contribution in [3.63, 3.8) is 0 Å². The molecule has 0 bridgehead atoms. The van der Waals surface area contributed by atoms with Gasteiger partial charge in [-0.25, -0.2) is 8.42 Å². The summed E-state index contributed by atoms with van der Waals surface area (Å²) in [5.74, 6) is 0.329. The Morgan fingerprint density at radius 1 is 1.22 bits per heavy atom. The van der Waals surface area contributed by atoms with E-state index < -0.39 is 9.84 Å². The Balaban J connectivity index is 1.81. The van der Waals surface area contributed by atoms with Gasteiger partial charge in [-0.15, -0.1) is 0 Å². The minimum absolute atomic E-state index is 0.0342. The van der Waals surface area contributed by atoms with Crippen LogP contribution in [0.2, 0.25) is 0 Å². The van der Waals surface area contributed by atoms with Gasteiger partial charge in [0, 0.05) is 30.4 Å². The summed E-state index contributed by atoms with van der Waals surface area (Å²) in [4.78, 5) is 14.5. The summed E-state index contributed by atoms with van der Waals surface area (Å²) in [5.41, 5.74) is 5.69. The summed E-state index contributed by atoms with van der Waals surface area (Å²) >= 11 is 0. The molecule has 2 aromatic rings. The van der Waals surface area contributed by atoms with E-state index >= 15 is 0 Å². The zero-order valence-corrected chi connectivity index (χ0v) is 17.4. The molecule has 1 fully saturated rings. The van der Waals surface area contributed by atoms with Crippen LogP contribution in [0.4, 0.5) is 0 Å². The maximum absolute atomic E-state index is 12.8. The van der Waals surface area contributed by atoms with Crippen LogP contribution in [-0.2, 0) is 16.4 Å². The number of rotatable bonds is 4. The van der Waals surface area contributed by atoms with E-state index in [4.69, 9.17) is 0 Å². The maximum Gasteiger partial charge on any atom is 0.253 e. The monoisotopic (exact) mass is 389 g/mol. The van der Waals surface area contributed by atoms with Crippen molar-refractivity contribution in [1.29, 1.82) is 0 Å². The molecule has 0 N–H and O–H groups in total. The molecule has 6 nitrogen and oxygen atoms in total. The molecule has 0 spiro atoms. The molecule has 0 unspecified atom stereocenters. The molecule has 3 rings (SSSR count). The quantitative estimate of drug-likeness (QED) is 0.806. The normalized spacial score (nSPS) is 18.6. The first-order valence-electron chi connectivity index (χ1n) is 9.17. The number of aromatic nitrogens is 2. The number of sulfone groups is 1. The molecule has 1 aromatic heterocycles. The predicted octanol–water partition coefficient (Wildman–Crippen LogP) is 2.75. The van der Waals surface area contributed by atoms with Crippen LogP contribution in [0.1, 0.15) is 50.9 Å². The maximum atomic E-state index is 12.8. The second-order valence-electron chi connectivity index (χ2n) is 7.61. The van der Waals surface area contributed by atoms with E-state index in [1.807, 2.05) is 50.6 Å². The molecule has 0 radical (unpaired) electrons. The minimum atomic E-state index is -2.97. The van der Waals surface area contributed by atoms with Gasteiger partial charge in [0.25, 0.3) is 5.91 Å². The smallest absolute Gasteiger partial charge is 0.253 e. The van der Waals surface area contributed by atoms with Gasteiger partial charge in [-0.1, -0.05) is 6.07 Å². The van der Waals surface area contributed by atoms with Crippen molar-refractivity contribution in [1.82, 2.24) is 14.7 Å². The first-order chi connectivity index (χ1) is 12.6. The lowest BCUT2D eigenvalue weighted by atomic mass is 10.1. The molecule has 1 atom stereocenters. The van der Waals surface area contributed by atoms with Crippen molar-refractivity contribution in [3.8, 4) is 0 Å². The van der Waals surface area contributed by atoms with Crippen LogP contribution >= 0.6 is 0 Å². The highest BCUT2D eigenvalue weighted by Crippen LogP contribution is 2.27. The second kappa shape index (κ2) is 7.11. The zero-order chi connectivity index (χ0) is 19.9. The van der Waals surface area contributed by atoms with E-state index in [2.05, 4.69) is 5.10 Å². The summed E-state index contributed by atoms with van der Waals surface area (Å²) in [6.07, 6.45) is 0.598. The highest BCUT2D eigenvalue weighted by molar-refractivity contribution is 7.91. The molecule has 146 valence electrons. The minimum Gasteiger partial charge on any atom is -0.337 e. The number of carbonyl (C=O) groups excluding carboxylic acids is 1. The van der Waals surface area contributed by atoms with Crippen molar-refractivity contribution < 1.29 is 13.2 Å². The van der Waals surface area contributed by atoms with Gasteiger partial charge in [0.1, 0.15) is 0 Å². The van der Waals surface area contributed by atoms with Crippen molar-refractivity contribution in [2.45, 2.75) is 46.7 Å². The van der Waals surface area contributed by atoms with Gasteiger partial charge >= 0.3 is 0 Å². The van der Waals surface area contributed by atoms with E-state index in [9.17, 15) is 13.2 Å². The predicted molar refractivity (Wildman–Crippen MR) is 106 cm³/mol. The van der Waals surface area contributed by atoms with E-state index in [0.29, 0.717) is 18.5 Å². The highest BCUT2D eigenvalue weighted by Gasteiger charge is 2.31. The number of hydrogen-bond donors (Lipinski definition) is 0. The van der Waals surface area contributed by atoms with Crippen molar-refractivity contribution in [3.05, 3.63) is 51.8 Å². The Morgan fingerprint density at radius 3 is 2.52 bits per heavy atom. The third-order valence-corrected chi connectivity index (χ3v) is 7.28. The molecule has 2 heterocycles. The first kappa shape index (κ1) is 19.6. The van der Waals surface area contributed by atoms with Crippen molar-refractivity contribution in [2.75, 3.05) is 18.6 Å². The van der Waals surface area contributed by atoms with Gasteiger partial charge in [0.2, 0.25) is 0 Å². The van der Waals surface area contributed by atoms with Crippen LogP contribution in [0, 0.1) is 27.7 Å². The Hall–Kier alpha value is -2.15. The molecule has 0 aliphatic carbocycles. The van der Waals surface area contributed by atoms with E-state index in [1.54, 1.807) is 11.9 Å². The van der Waals surface area contributed by atoms with Crippen LogP contribution in [0.15, 0.2) is 18.2 Å². The van der Waals surface area contributed by atoms with Crippen LogP contribution in [0.25, 0.3) is 0 Å². The van der Waals surface area contributed by atoms with Gasteiger partial charge in [0.05, 0.1) is 23.2 Å². The third kappa shape index (κ3) is 3.93. The SMILES string of the molecule is Cc1ccc(C(=O)N(C)Cc2c(C)nn([C@@H]3CCS(=O)(=O)C3)c2C)cc1C. The topological polar surface area (TPSA) is 72.3 Å². The molecule has 1 aromatic carbocycles. The average molecular weight is 390 g/mol. The van der Waals surface area contributed by atoms with Gasteiger partial charge in [-0.2, -0.15) is 5.10 Å². The molecule has 7 heteroatoms. The van der Waals surface area contributed by atoms with Crippen LogP contribution in [-0.4, -0.2) is 47.6 Å². The summed E-state index contributed by atoms with van der Waals surface area (Å²) in [7, 11) is -1.18. The number of nitrogens with zero attached hydrogens (tertiary/aromatic N) is 3. The number of hydrogen-bond acceptors (Lipinski definition) is 4. The van der Waals surface area contributed by atoms with Crippen LogP contribution in [0.5, 0.6) is 0 Å². The van der Waals surface area contributed by atoms with E-state index in [1.165, 1.54) is 0 Å². The molecule has 1 aliphatic heterocycles. The van der Waals surface area contributed by atoms with Gasteiger partial charge in [-0.05, 0) is 57.4 Å². The Bertz CT molecular complexity index is 992. The summed E-state index contributed by atoms with van der Waals surface area (Å²) in [6.45, 7) is 8.34. The summed E-state index contributed by atoms with van der Waals surface area (Å²) < 4.78 is 25.4. The standard InChI is InChI=1S/C20H27N3O3S/c1-13-6-7-17(10-14(13)2)20(24)22(5)11-19-15(3)21-23(16(19)4)18-8-9-27(25,26)12-18/h6-7,10,18H,8-9,11-12H2,1-5H3/t18-/m1/s1. The Kier molecular flexibility index (Phi) is 5.16. The van der Waals surface area contributed by atoms with E-state index in [-0.39, 0.29) is 23.5 Å². The lowest BCUT2D eigenvalue weighted by Crippen LogP contribution is -2.27. The molecule has 1 amide bonds. The third-order valence-electron chi connectivity index (χ3n) is 5.52. The van der Waals surface area contributed by atoms with Crippen LogP contribution < -0.4 is 0 Å². The fraction of sp³-hybridized carbons (Fsp3) is 0.500. The van der Waals surface area contributed by atoms with Crippen LogP contribution in [0.3, 0.4) is 0 Å². The Morgan fingerprint density at radius 2 is 1.93 bits per heavy atom. The molecule has 1 saturated heterocycles. The molecular weight excluding hydrogens is 362 g/mol. The lowest BCUT2D eigenvalue weighted by molar-refractivity contribution is 0.0784. The first-order valence-corrected chi connectivity index (χ1v) is 11.0. The van der Waals surface area contributed by atoms with Gasteiger partial charge < -0.3 is 4.90 Å². The molecular formula is C20H27N3O3S. The zero-order valence-electron chi connectivity index (χ0n) is 16.6. The number of aryl methyl sites for hydroxylation is 3. The van der Waals surface area contributed by atoms with Crippen molar-refractivity contribution >= 4 is 15.7 Å². The molecule has 27 heavy (non-hydrogen) atoms. The fourth-order valence-electron chi connectivity index (χ4n) is 3.65. The van der Waals surface area contributed by atoms with E-state index in [0.717, 1.165) is 28.1 Å². The second-order valence-corrected chi connectivity index (χ2v) is 9.84. The van der Waals surface area contributed by atoms with Crippen molar-refractivity contribution in [2.24, 2.45) is 0 Å². The fourth-order valence-corrected chi connectivity index (χ4v) is 5.35.